The van der Waals surface area contributed by atoms with Crippen molar-refractivity contribution in [3.63, 3.8) is 0 Å². The Morgan fingerprint density at radius 3 is 2.74 bits per heavy atom. The third kappa shape index (κ3) is 4.38. The fraction of sp³-hybridized carbons (Fsp3) is 0.259. The minimum Gasteiger partial charge on any atom is -0.361 e. The van der Waals surface area contributed by atoms with E-state index >= 15 is 0 Å². The maximum atomic E-state index is 13.1. The molecule has 1 aliphatic heterocycles. The van der Waals surface area contributed by atoms with Crippen LogP contribution in [-0.2, 0) is 17.6 Å². The highest BCUT2D eigenvalue weighted by Gasteiger charge is 2.26. The lowest BCUT2D eigenvalue weighted by atomic mass is 9.93. The van der Waals surface area contributed by atoms with Gasteiger partial charge in [-0.05, 0) is 42.2 Å². The lowest BCUT2D eigenvalue weighted by Crippen LogP contribution is -2.40. The Kier molecular flexibility index (Phi) is 5.53. The first-order valence-electron chi connectivity index (χ1n) is 11.1. The van der Waals surface area contributed by atoms with Crippen molar-refractivity contribution in [2.45, 2.75) is 31.6 Å². The molecule has 1 aliphatic rings. The number of aromatic nitrogens is 2. The van der Waals surface area contributed by atoms with Crippen LogP contribution >= 0.6 is 0 Å². The molecule has 0 saturated carbocycles. The highest BCUT2D eigenvalue weighted by molar-refractivity contribution is 5.88. The number of carbonyl (C=O) groups is 1. The largest absolute Gasteiger partial charge is 0.361 e. The minimum atomic E-state index is 0.204. The van der Waals surface area contributed by atoms with Crippen LogP contribution in [0.25, 0.3) is 10.9 Å². The van der Waals surface area contributed by atoms with Crippen molar-refractivity contribution in [1.29, 1.82) is 0 Å². The van der Waals surface area contributed by atoms with Crippen LogP contribution < -0.4 is 0 Å². The zero-order chi connectivity index (χ0) is 21.0. The molecule has 0 bridgehead atoms. The Bertz CT molecular complexity index is 1180. The van der Waals surface area contributed by atoms with E-state index in [1.807, 2.05) is 35.4 Å². The zero-order valence-corrected chi connectivity index (χ0v) is 17.6. The Morgan fingerprint density at radius 1 is 1.00 bits per heavy atom. The third-order valence-corrected chi connectivity index (χ3v) is 6.27. The number of para-hydroxylation sites is 1. The number of amides is 1. The zero-order valence-electron chi connectivity index (χ0n) is 17.6. The molecule has 2 aromatic carbocycles. The van der Waals surface area contributed by atoms with E-state index in [2.05, 4.69) is 53.5 Å². The summed E-state index contributed by atoms with van der Waals surface area (Å²) in [6.45, 7) is 1.59. The van der Waals surface area contributed by atoms with Crippen LogP contribution in [0.5, 0.6) is 0 Å². The molecule has 0 spiro atoms. The van der Waals surface area contributed by atoms with E-state index in [1.54, 1.807) is 0 Å². The van der Waals surface area contributed by atoms with E-state index in [1.165, 1.54) is 5.56 Å². The van der Waals surface area contributed by atoms with Crippen LogP contribution in [0.4, 0.5) is 0 Å². The van der Waals surface area contributed by atoms with Crippen LogP contribution in [-0.4, -0.2) is 33.9 Å². The molecule has 31 heavy (non-hydrogen) atoms. The highest BCUT2D eigenvalue weighted by Crippen LogP contribution is 2.27. The smallest absolute Gasteiger partial charge is 0.227 e. The summed E-state index contributed by atoms with van der Waals surface area (Å²) in [7, 11) is 0. The van der Waals surface area contributed by atoms with Crippen molar-refractivity contribution in [3.8, 4) is 0 Å². The van der Waals surface area contributed by atoms with Gasteiger partial charge in [0.15, 0.2) is 0 Å². The molecular weight excluding hydrogens is 382 g/mol. The predicted molar refractivity (Wildman–Crippen MR) is 124 cm³/mol. The summed E-state index contributed by atoms with van der Waals surface area (Å²) in [4.78, 5) is 23.4. The van der Waals surface area contributed by atoms with Gasteiger partial charge in [-0.15, -0.1) is 0 Å². The first-order chi connectivity index (χ1) is 15.3. The van der Waals surface area contributed by atoms with Gasteiger partial charge < -0.3 is 9.88 Å². The topological polar surface area (TPSA) is 49.0 Å². The summed E-state index contributed by atoms with van der Waals surface area (Å²) < 4.78 is 0. The number of hydrogen-bond acceptors (Lipinski definition) is 2. The number of carbonyl (C=O) groups excluding carboxylic acids is 1. The molecule has 4 heteroatoms. The molecule has 1 atom stereocenters. The number of likely N-dealkylation sites (tertiary alicyclic amines) is 1. The van der Waals surface area contributed by atoms with E-state index in [-0.39, 0.29) is 5.91 Å². The molecule has 2 aromatic heterocycles. The molecule has 4 nitrogen and oxygen atoms in total. The summed E-state index contributed by atoms with van der Waals surface area (Å²) in [6, 6.07) is 24.9. The third-order valence-electron chi connectivity index (χ3n) is 6.27. The van der Waals surface area contributed by atoms with E-state index in [0.717, 1.165) is 60.2 Å². The van der Waals surface area contributed by atoms with Crippen LogP contribution in [0.3, 0.4) is 0 Å². The molecule has 1 fully saturated rings. The van der Waals surface area contributed by atoms with E-state index in [9.17, 15) is 4.79 Å². The monoisotopic (exact) mass is 409 g/mol. The van der Waals surface area contributed by atoms with E-state index in [0.29, 0.717) is 12.3 Å². The number of nitrogens with zero attached hydrogens (tertiary/aromatic N) is 2. The van der Waals surface area contributed by atoms with Gasteiger partial charge in [0.05, 0.1) is 6.42 Å². The van der Waals surface area contributed by atoms with Gasteiger partial charge >= 0.3 is 0 Å². The van der Waals surface area contributed by atoms with Crippen LogP contribution in [0.2, 0.25) is 0 Å². The number of nitrogens with one attached hydrogen (secondary N) is 1. The van der Waals surface area contributed by atoms with Gasteiger partial charge in [-0.1, -0.05) is 54.6 Å². The molecule has 156 valence electrons. The highest BCUT2D eigenvalue weighted by atomic mass is 16.2. The number of pyridine rings is 1. The summed E-state index contributed by atoms with van der Waals surface area (Å²) in [5.74, 6) is 0.506. The van der Waals surface area contributed by atoms with Gasteiger partial charge in [-0.25, -0.2) is 0 Å². The summed E-state index contributed by atoms with van der Waals surface area (Å²) in [6.07, 6.45) is 5.36. The molecule has 0 radical (unpaired) electrons. The van der Waals surface area contributed by atoms with Gasteiger partial charge in [-0.3, -0.25) is 9.78 Å². The Hall–Kier alpha value is -3.40. The first kappa shape index (κ1) is 19.6. The molecule has 5 rings (SSSR count). The van der Waals surface area contributed by atoms with Crippen molar-refractivity contribution in [3.05, 3.63) is 102 Å². The molecule has 0 aliphatic carbocycles. The molecule has 3 heterocycles. The second-order valence-corrected chi connectivity index (χ2v) is 8.43. The van der Waals surface area contributed by atoms with Gasteiger partial charge in [0.2, 0.25) is 5.91 Å². The Balaban J connectivity index is 1.28. The molecule has 4 aromatic rings. The number of benzene rings is 2. The summed E-state index contributed by atoms with van der Waals surface area (Å²) in [5, 5.41) is 1.14. The van der Waals surface area contributed by atoms with Crippen LogP contribution in [0.1, 0.15) is 41.3 Å². The number of piperidine rings is 1. The molecular formula is C27H27N3O. The average Bonchev–Trinajstić information content (AvgIpc) is 3.23. The maximum absolute atomic E-state index is 13.1. The first-order valence-corrected chi connectivity index (χ1v) is 11.1. The van der Waals surface area contributed by atoms with Crippen molar-refractivity contribution in [2.24, 2.45) is 0 Å². The number of aromatic amines is 1. The Labute approximate surface area is 182 Å². The van der Waals surface area contributed by atoms with Gasteiger partial charge in [-0.2, -0.15) is 0 Å². The van der Waals surface area contributed by atoms with Crippen molar-refractivity contribution < 1.29 is 4.79 Å². The summed E-state index contributed by atoms with van der Waals surface area (Å²) in [5.41, 5.74) is 5.63. The maximum Gasteiger partial charge on any atom is 0.227 e. The average molecular weight is 410 g/mol. The molecule has 1 amide bonds. The fourth-order valence-electron chi connectivity index (χ4n) is 4.63. The van der Waals surface area contributed by atoms with Gasteiger partial charge in [0.25, 0.3) is 0 Å². The summed E-state index contributed by atoms with van der Waals surface area (Å²) >= 11 is 0. The SMILES string of the molecule is O=C(Cc1c[nH]c2ccccc12)N1CCCC(c2cccc(Cc3ccccc3)n2)C1. The number of hydrogen-bond donors (Lipinski definition) is 1. The lowest BCUT2D eigenvalue weighted by Gasteiger charge is -2.32. The number of H-pyrrole nitrogens is 1. The van der Waals surface area contributed by atoms with Crippen molar-refractivity contribution in [1.82, 2.24) is 14.9 Å². The van der Waals surface area contributed by atoms with Crippen LogP contribution in [0.15, 0.2) is 79.0 Å². The van der Waals surface area contributed by atoms with Gasteiger partial charge in [0.1, 0.15) is 0 Å². The fourth-order valence-corrected chi connectivity index (χ4v) is 4.63. The lowest BCUT2D eigenvalue weighted by molar-refractivity contribution is -0.131. The van der Waals surface area contributed by atoms with Crippen molar-refractivity contribution in [2.75, 3.05) is 13.1 Å². The minimum absolute atomic E-state index is 0.204. The normalized spacial score (nSPS) is 16.5. The molecule has 1 saturated heterocycles. The van der Waals surface area contributed by atoms with E-state index < -0.39 is 0 Å². The number of rotatable bonds is 5. The predicted octanol–water partition coefficient (Wildman–Crippen LogP) is 5.10. The van der Waals surface area contributed by atoms with Gasteiger partial charge in [0, 0.05) is 53.9 Å². The quantitative estimate of drug-likeness (QED) is 0.498. The van der Waals surface area contributed by atoms with Crippen molar-refractivity contribution >= 4 is 16.8 Å². The van der Waals surface area contributed by atoms with Crippen LogP contribution in [0, 0.1) is 0 Å². The second kappa shape index (κ2) is 8.76. The van der Waals surface area contributed by atoms with E-state index in [4.69, 9.17) is 4.98 Å². The Morgan fingerprint density at radius 2 is 1.84 bits per heavy atom. The number of fused-ring (bicyclic) bond motifs is 1. The second-order valence-electron chi connectivity index (χ2n) is 8.43. The standard InChI is InChI=1S/C27H27N3O/c31-27(17-22-18-28-26-13-5-4-12-24(22)26)30-15-7-10-21(19-30)25-14-6-11-23(29-25)16-20-8-2-1-3-9-20/h1-6,8-9,11-14,18,21,28H,7,10,15-17,19H2. The molecule has 1 N–H and O–H groups in total. The molecule has 1 unspecified atom stereocenters.